The summed E-state index contributed by atoms with van der Waals surface area (Å²) in [7, 11) is 1.87. The SMILES string of the molecule is CCN(CC)C(=O)CCCC(=O)N(C)C1CCNC1. The largest absolute Gasteiger partial charge is 0.343 e. The second-order valence-corrected chi connectivity index (χ2v) is 5.07. The van der Waals surface area contributed by atoms with Crippen LogP contribution in [0.3, 0.4) is 0 Å². The van der Waals surface area contributed by atoms with Gasteiger partial charge in [0.25, 0.3) is 0 Å². The molecule has 1 saturated heterocycles. The van der Waals surface area contributed by atoms with Crippen LogP contribution in [-0.4, -0.2) is 60.9 Å². The van der Waals surface area contributed by atoms with Crippen molar-refractivity contribution in [1.82, 2.24) is 15.1 Å². The number of likely N-dealkylation sites (N-methyl/N-ethyl adjacent to an activating group) is 1. The van der Waals surface area contributed by atoms with Crippen molar-refractivity contribution >= 4 is 11.8 Å². The van der Waals surface area contributed by atoms with E-state index in [9.17, 15) is 9.59 Å². The van der Waals surface area contributed by atoms with Crippen LogP contribution in [0, 0.1) is 0 Å². The number of hydrogen-bond donors (Lipinski definition) is 1. The number of carbonyl (C=O) groups is 2. The molecule has 5 heteroatoms. The third-order valence-electron chi connectivity index (χ3n) is 3.87. The topological polar surface area (TPSA) is 52.7 Å². The first-order valence-electron chi connectivity index (χ1n) is 7.34. The van der Waals surface area contributed by atoms with E-state index < -0.39 is 0 Å². The highest BCUT2D eigenvalue weighted by Crippen LogP contribution is 2.10. The zero-order valence-electron chi connectivity index (χ0n) is 12.4. The van der Waals surface area contributed by atoms with Gasteiger partial charge >= 0.3 is 0 Å². The zero-order chi connectivity index (χ0) is 14.3. The maximum absolute atomic E-state index is 12.0. The average Bonchev–Trinajstić information content (AvgIpc) is 2.93. The third kappa shape index (κ3) is 4.82. The molecule has 0 aliphatic carbocycles. The van der Waals surface area contributed by atoms with Crippen molar-refractivity contribution in [3.63, 3.8) is 0 Å². The third-order valence-corrected chi connectivity index (χ3v) is 3.87. The molecule has 0 aromatic carbocycles. The number of hydrogen-bond acceptors (Lipinski definition) is 3. The molecule has 1 aliphatic heterocycles. The van der Waals surface area contributed by atoms with E-state index in [0.717, 1.165) is 32.6 Å². The van der Waals surface area contributed by atoms with Crippen LogP contribution in [0.25, 0.3) is 0 Å². The minimum Gasteiger partial charge on any atom is -0.343 e. The quantitative estimate of drug-likeness (QED) is 0.745. The zero-order valence-corrected chi connectivity index (χ0v) is 12.4. The molecule has 1 heterocycles. The Morgan fingerprint density at radius 1 is 1.16 bits per heavy atom. The van der Waals surface area contributed by atoms with Crippen LogP contribution in [-0.2, 0) is 9.59 Å². The van der Waals surface area contributed by atoms with E-state index in [1.807, 2.05) is 30.7 Å². The van der Waals surface area contributed by atoms with Gasteiger partial charge in [-0.25, -0.2) is 0 Å². The maximum atomic E-state index is 12.0. The van der Waals surface area contributed by atoms with Crippen molar-refractivity contribution < 1.29 is 9.59 Å². The normalized spacial score (nSPS) is 18.4. The van der Waals surface area contributed by atoms with Crippen molar-refractivity contribution in [1.29, 1.82) is 0 Å². The highest BCUT2D eigenvalue weighted by molar-refractivity contribution is 5.79. The standard InChI is InChI=1S/C14H27N3O2/c1-4-17(5-2)14(19)8-6-7-13(18)16(3)12-9-10-15-11-12/h12,15H,4-11H2,1-3H3. The Morgan fingerprint density at radius 2 is 1.79 bits per heavy atom. The van der Waals surface area contributed by atoms with Crippen LogP contribution in [0.4, 0.5) is 0 Å². The molecule has 110 valence electrons. The Labute approximate surface area is 116 Å². The first-order chi connectivity index (χ1) is 9.10. The molecular weight excluding hydrogens is 242 g/mol. The van der Waals surface area contributed by atoms with Gasteiger partial charge in [0, 0.05) is 45.6 Å². The van der Waals surface area contributed by atoms with E-state index in [1.54, 1.807) is 0 Å². The van der Waals surface area contributed by atoms with Gasteiger partial charge in [-0.05, 0) is 33.2 Å². The Balaban J connectivity index is 2.24. The molecule has 1 fully saturated rings. The lowest BCUT2D eigenvalue weighted by molar-refractivity contribution is -0.132. The summed E-state index contributed by atoms with van der Waals surface area (Å²) in [6, 6.07) is 0.325. The van der Waals surface area contributed by atoms with Crippen molar-refractivity contribution in [2.24, 2.45) is 0 Å². The Kier molecular flexibility index (Phi) is 6.84. The van der Waals surface area contributed by atoms with Gasteiger partial charge in [-0.3, -0.25) is 9.59 Å². The molecule has 19 heavy (non-hydrogen) atoms. The van der Waals surface area contributed by atoms with E-state index in [1.165, 1.54) is 0 Å². The van der Waals surface area contributed by atoms with Gasteiger partial charge in [-0.1, -0.05) is 0 Å². The lowest BCUT2D eigenvalue weighted by Crippen LogP contribution is -2.38. The Morgan fingerprint density at radius 3 is 2.32 bits per heavy atom. The summed E-state index contributed by atoms with van der Waals surface area (Å²) in [5, 5.41) is 3.26. The first kappa shape index (κ1) is 16.0. The van der Waals surface area contributed by atoms with Gasteiger partial charge < -0.3 is 15.1 Å². The van der Waals surface area contributed by atoms with Crippen molar-refractivity contribution in [3.8, 4) is 0 Å². The fraction of sp³-hybridized carbons (Fsp3) is 0.857. The van der Waals surface area contributed by atoms with Gasteiger partial charge in [-0.15, -0.1) is 0 Å². The summed E-state index contributed by atoms with van der Waals surface area (Å²) in [4.78, 5) is 27.4. The van der Waals surface area contributed by atoms with Gasteiger partial charge in [0.1, 0.15) is 0 Å². The van der Waals surface area contributed by atoms with E-state index in [4.69, 9.17) is 0 Å². The number of amides is 2. The molecular formula is C14H27N3O2. The van der Waals surface area contributed by atoms with Crippen LogP contribution in [0.5, 0.6) is 0 Å². The molecule has 0 bridgehead atoms. The summed E-state index contributed by atoms with van der Waals surface area (Å²) in [6.07, 6.45) is 2.63. The number of nitrogens with one attached hydrogen (secondary N) is 1. The summed E-state index contributed by atoms with van der Waals surface area (Å²) < 4.78 is 0. The molecule has 0 spiro atoms. The van der Waals surface area contributed by atoms with Gasteiger partial charge in [0.15, 0.2) is 0 Å². The summed E-state index contributed by atoms with van der Waals surface area (Å²) in [5.74, 6) is 0.309. The molecule has 1 N–H and O–H groups in total. The second kappa shape index (κ2) is 8.15. The van der Waals surface area contributed by atoms with Gasteiger partial charge in [-0.2, -0.15) is 0 Å². The minimum absolute atomic E-state index is 0.154. The molecule has 1 aliphatic rings. The molecule has 0 aromatic rings. The van der Waals surface area contributed by atoms with Crippen LogP contribution in [0.2, 0.25) is 0 Å². The first-order valence-corrected chi connectivity index (χ1v) is 7.34. The van der Waals surface area contributed by atoms with Crippen LogP contribution < -0.4 is 5.32 Å². The molecule has 0 radical (unpaired) electrons. The Hall–Kier alpha value is -1.10. The Bertz CT molecular complexity index is 297. The highest BCUT2D eigenvalue weighted by atomic mass is 16.2. The van der Waals surface area contributed by atoms with E-state index in [2.05, 4.69) is 5.32 Å². The predicted molar refractivity (Wildman–Crippen MR) is 75.8 cm³/mol. The summed E-state index contributed by atoms with van der Waals surface area (Å²) in [6.45, 7) is 7.33. The van der Waals surface area contributed by atoms with E-state index in [-0.39, 0.29) is 11.8 Å². The highest BCUT2D eigenvalue weighted by Gasteiger charge is 2.22. The van der Waals surface area contributed by atoms with Crippen molar-refractivity contribution in [2.45, 2.75) is 45.6 Å². The van der Waals surface area contributed by atoms with Crippen molar-refractivity contribution in [3.05, 3.63) is 0 Å². The average molecular weight is 269 g/mol. The monoisotopic (exact) mass is 269 g/mol. The molecule has 1 rings (SSSR count). The fourth-order valence-electron chi connectivity index (χ4n) is 2.48. The summed E-state index contributed by atoms with van der Waals surface area (Å²) in [5.41, 5.74) is 0. The van der Waals surface area contributed by atoms with E-state index in [0.29, 0.717) is 25.3 Å². The number of rotatable bonds is 7. The molecule has 2 amide bonds. The molecule has 1 unspecified atom stereocenters. The maximum Gasteiger partial charge on any atom is 0.222 e. The molecule has 0 saturated carbocycles. The van der Waals surface area contributed by atoms with Gasteiger partial charge in [0.05, 0.1) is 0 Å². The summed E-state index contributed by atoms with van der Waals surface area (Å²) >= 11 is 0. The fourth-order valence-corrected chi connectivity index (χ4v) is 2.48. The molecule has 5 nitrogen and oxygen atoms in total. The number of carbonyl (C=O) groups excluding carboxylic acids is 2. The number of nitrogens with zero attached hydrogens (tertiary/aromatic N) is 2. The second-order valence-electron chi connectivity index (χ2n) is 5.07. The molecule has 1 atom stereocenters. The van der Waals surface area contributed by atoms with Crippen LogP contribution in [0.1, 0.15) is 39.5 Å². The molecule has 0 aromatic heterocycles. The van der Waals surface area contributed by atoms with Gasteiger partial charge in [0.2, 0.25) is 11.8 Å². The lowest BCUT2D eigenvalue weighted by atomic mass is 10.1. The van der Waals surface area contributed by atoms with Crippen LogP contribution in [0.15, 0.2) is 0 Å². The lowest BCUT2D eigenvalue weighted by Gasteiger charge is -2.24. The van der Waals surface area contributed by atoms with Crippen molar-refractivity contribution in [2.75, 3.05) is 33.2 Å². The van der Waals surface area contributed by atoms with E-state index >= 15 is 0 Å². The van der Waals surface area contributed by atoms with Crippen LogP contribution >= 0.6 is 0 Å². The predicted octanol–water partition coefficient (Wildman–Crippen LogP) is 0.845. The minimum atomic E-state index is 0.154. The smallest absolute Gasteiger partial charge is 0.222 e.